The lowest BCUT2D eigenvalue weighted by molar-refractivity contribution is 0.824. The highest BCUT2D eigenvalue weighted by Gasteiger charge is 1.99. The molecule has 0 aliphatic heterocycles. The van der Waals surface area contributed by atoms with Crippen LogP contribution in [0, 0.1) is 0 Å². The number of halogens is 4. The standard InChI is InChI=1S/2C7H6Cl2.H2O/c2*8-7(9)6-4-2-1-3-5-6;/h2*1-5,7H;1H2. The van der Waals surface area contributed by atoms with Gasteiger partial charge in [-0.15, -0.1) is 46.4 Å². The molecule has 0 atom stereocenters. The second-order valence-electron chi connectivity index (χ2n) is 3.42. The van der Waals surface area contributed by atoms with E-state index in [0.29, 0.717) is 0 Å². The van der Waals surface area contributed by atoms with E-state index in [-0.39, 0.29) is 5.48 Å². The van der Waals surface area contributed by atoms with Gasteiger partial charge in [0, 0.05) is 0 Å². The van der Waals surface area contributed by atoms with Crippen molar-refractivity contribution in [1.82, 2.24) is 0 Å². The van der Waals surface area contributed by atoms with Crippen molar-refractivity contribution in [3.63, 3.8) is 0 Å². The van der Waals surface area contributed by atoms with Crippen molar-refractivity contribution in [3.05, 3.63) is 71.8 Å². The molecular formula is C14H14Cl4O. The minimum atomic E-state index is -0.397. The zero-order valence-corrected chi connectivity index (χ0v) is 13.0. The molecule has 0 heterocycles. The molecule has 0 saturated carbocycles. The van der Waals surface area contributed by atoms with Crippen LogP contribution in [-0.2, 0) is 0 Å². The monoisotopic (exact) mass is 338 g/mol. The number of hydrogen-bond donors (Lipinski definition) is 0. The molecule has 2 N–H and O–H groups in total. The van der Waals surface area contributed by atoms with Crippen molar-refractivity contribution in [2.24, 2.45) is 0 Å². The fourth-order valence-electron chi connectivity index (χ4n) is 1.20. The van der Waals surface area contributed by atoms with Crippen LogP contribution in [-0.4, -0.2) is 5.48 Å². The van der Waals surface area contributed by atoms with Crippen LogP contribution < -0.4 is 0 Å². The molecule has 0 spiro atoms. The van der Waals surface area contributed by atoms with Crippen molar-refractivity contribution in [1.29, 1.82) is 0 Å². The number of alkyl halides is 4. The average molecular weight is 340 g/mol. The third kappa shape index (κ3) is 7.66. The Bertz CT molecular complexity index is 388. The largest absolute Gasteiger partial charge is 0.412 e. The first kappa shape index (κ1) is 18.6. The highest BCUT2D eigenvalue weighted by molar-refractivity contribution is 6.44. The van der Waals surface area contributed by atoms with Gasteiger partial charge in [0.05, 0.1) is 0 Å². The van der Waals surface area contributed by atoms with E-state index in [0.717, 1.165) is 11.1 Å². The Morgan fingerprint density at radius 2 is 0.789 bits per heavy atom. The van der Waals surface area contributed by atoms with E-state index in [9.17, 15) is 0 Å². The van der Waals surface area contributed by atoms with Gasteiger partial charge in [0.15, 0.2) is 0 Å². The maximum absolute atomic E-state index is 5.57. The van der Waals surface area contributed by atoms with Gasteiger partial charge in [-0.2, -0.15) is 0 Å². The van der Waals surface area contributed by atoms with Gasteiger partial charge >= 0.3 is 0 Å². The molecule has 0 radical (unpaired) electrons. The predicted molar refractivity (Wildman–Crippen MR) is 85.4 cm³/mol. The molecular weight excluding hydrogens is 326 g/mol. The fourth-order valence-corrected chi connectivity index (χ4v) is 1.78. The van der Waals surface area contributed by atoms with Crippen molar-refractivity contribution in [2.45, 2.75) is 9.67 Å². The van der Waals surface area contributed by atoms with Crippen LogP contribution in [0.4, 0.5) is 0 Å². The normalized spacial score (nSPS) is 9.58. The molecule has 0 fully saturated rings. The van der Waals surface area contributed by atoms with Crippen molar-refractivity contribution < 1.29 is 5.48 Å². The molecule has 5 heteroatoms. The third-order valence-electron chi connectivity index (χ3n) is 2.10. The van der Waals surface area contributed by atoms with Crippen molar-refractivity contribution in [2.75, 3.05) is 0 Å². The summed E-state index contributed by atoms with van der Waals surface area (Å²) in [5.74, 6) is 0. The summed E-state index contributed by atoms with van der Waals surface area (Å²) in [6.07, 6.45) is 0. The highest BCUT2D eigenvalue weighted by Crippen LogP contribution is 2.23. The van der Waals surface area contributed by atoms with Gasteiger partial charge in [0.25, 0.3) is 0 Å². The van der Waals surface area contributed by atoms with Gasteiger partial charge in [0.1, 0.15) is 9.67 Å². The maximum Gasteiger partial charge on any atom is 0.132 e. The van der Waals surface area contributed by atoms with Gasteiger partial charge in [-0.1, -0.05) is 60.7 Å². The van der Waals surface area contributed by atoms with Crippen LogP contribution in [0.3, 0.4) is 0 Å². The quantitative estimate of drug-likeness (QED) is 0.647. The molecule has 0 aliphatic carbocycles. The SMILES string of the molecule is ClC(Cl)c1ccccc1.ClC(Cl)c1ccccc1.O. The van der Waals surface area contributed by atoms with E-state index in [1.165, 1.54) is 0 Å². The van der Waals surface area contributed by atoms with Crippen LogP contribution in [0.5, 0.6) is 0 Å². The second-order valence-corrected chi connectivity index (χ2v) is 5.62. The summed E-state index contributed by atoms with van der Waals surface area (Å²) >= 11 is 22.3. The molecule has 0 saturated heterocycles. The summed E-state index contributed by atoms with van der Waals surface area (Å²) in [4.78, 5) is -0.794. The van der Waals surface area contributed by atoms with Crippen LogP contribution in [0.1, 0.15) is 20.8 Å². The lowest BCUT2D eigenvalue weighted by Gasteiger charge is -1.97. The second kappa shape index (κ2) is 10.4. The van der Waals surface area contributed by atoms with E-state index >= 15 is 0 Å². The van der Waals surface area contributed by atoms with Crippen LogP contribution >= 0.6 is 46.4 Å². The Morgan fingerprint density at radius 1 is 0.526 bits per heavy atom. The van der Waals surface area contributed by atoms with Crippen LogP contribution in [0.25, 0.3) is 0 Å². The van der Waals surface area contributed by atoms with Gasteiger partial charge in [-0.3, -0.25) is 0 Å². The van der Waals surface area contributed by atoms with Gasteiger partial charge in [-0.05, 0) is 11.1 Å². The Balaban J connectivity index is 0.000000324. The van der Waals surface area contributed by atoms with E-state index in [2.05, 4.69) is 0 Å². The molecule has 104 valence electrons. The summed E-state index contributed by atoms with van der Waals surface area (Å²) in [6.45, 7) is 0. The maximum atomic E-state index is 5.57. The van der Waals surface area contributed by atoms with Crippen molar-refractivity contribution >= 4 is 46.4 Å². The average Bonchev–Trinajstić information content (AvgIpc) is 2.41. The molecule has 2 aromatic carbocycles. The van der Waals surface area contributed by atoms with Crippen molar-refractivity contribution in [3.8, 4) is 0 Å². The Morgan fingerprint density at radius 3 is 0.947 bits per heavy atom. The minimum absolute atomic E-state index is 0. The summed E-state index contributed by atoms with van der Waals surface area (Å²) in [5.41, 5.74) is 1.89. The van der Waals surface area contributed by atoms with Crippen LogP contribution in [0.2, 0.25) is 0 Å². The third-order valence-corrected chi connectivity index (χ3v) is 3.11. The number of benzene rings is 2. The first-order valence-electron chi connectivity index (χ1n) is 5.27. The molecule has 0 amide bonds. The summed E-state index contributed by atoms with van der Waals surface area (Å²) in [6, 6.07) is 19.1. The zero-order valence-electron chi connectivity index (χ0n) is 9.94. The molecule has 0 aliphatic rings. The summed E-state index contributed by atoms with van der Waals surface area (Å²) in [7, 11) is 0. The molecule has 0 aromatic heterocycles. The highest BCUT2D eigenvalue weighted by atomic mass is 35.5. The molecule has 1 nitrogen and oxygen atoms in total. The van der Waals surface area contributed by atoms with Crippen LogP contribution in [0.15, 0.2) is 60.7 Å². The van der Waals surface area contributed by atoms with E-state index in [1.807, 2.05) is 60.7 Å². The zero-order chi connectivity index (χ0) is 13.4. The first-order valence-corrected chi connectivity index (χ1v) is 7.02. The summed E-state index contributed by atoms with van der Waals surface area (Å²) in [5, 5.41) is 0. The van der Waals surface area contributed by atoms with Gasteiger partial charge < -0.3 is 5.48 Å². The lowest BCUT2D eigenvalue weighted by Crippen LogP contribution is -1.76. The summed E-state index contributed by atoms with van der Waals surface area (Å²) < 4.78 is 0. The van der Waals surface area contributed by atoms with Gasteiger partial charge in [-0.25, -0.2) is 0 Å². The topological polar surface area (TPSA) is 31.5 Å². The van der Waals surface area contributed by atoms with Gasteiger partial charge in [0.2, 0.25) is 0 Å². The van der Waals surface area contributed by atoms with E-state index < -0.39 is 9.67 Å². The molecule has 2 rings (SSSR count). The number of hydrogen-bond acceptors (Lipinski definition) is 0. The molecule has 19 heavy (non-hydrogen) atoms. The molecule has 2 aromatic rings. The first-order chi connectivity index (χ1) is 8.61. The fraction of sp³-hybridized carbons (Fsp3) is 0.143. The predicted octanol–water partition coefficient (Wildman–Crippen LogP) is 5.50. The Hall–Kier alpha value is -0.440. The number of rotatable bonds is 2. The van der Waals surface area contributed by atoms with E-state index in [1.54, 1.807) is 0 Å². The minimum Gasteiger partial charge on any atom is -0.412 e. The Labute approximate surface area is 133 Å². The molecule has 0 unspecified atom stereocenters. The smallest absolute Gasteiger partial charge is 0.132 e. The Kier molecular flexibility index (Phi) is 10.1. The van der Waals surface area contributed by atoms with E-state index in [4.69, 9.17) is 46.4 Å². The lowest BCUT2D eigenvalue weighted by atomic mass is 10.2. The molecule has 0 bridgehead atoms.